The summed E-state index contributed by atoms with van der Waals surface area (Å²) in [5.41, 5.74) is 3.56. The van der Waals surface area contributed by atoms with Gasteiger partial charge in [-0.15, -0.1) is 22.7 Å². The second kappa shape index (κ2) is 7.01. The number of hydrogen-bond acceptors (Lipinski definition) is 5. The lowest BCUT2D eigenvalue weighted by molar-refractivity contribution is -0.117. The molecule has 1 N–H and O–H groups in total. The summed E-state index contributed by atoms with van der Waals surface area (Å²) in [5.74, 6) is -0.0417. The summed E-state index contributed by atoms with van der Waals surface area (Å²) in [6.45, 7) is 2.27. The topological polar surface area (TPSA) is 62.3 Å². The van der Waals surface area contributed by atoms with Gasteiger partial charge in [0.2, 0.25) is 11.8 Å². The van der Waals surface area contributed by atoms with E-state index in [0.717, 1.165) is 38.9 Å². The molecule has 2 aromatic heterocycles. The van der Waals surface area contributed by atoms with Gasteiger partial charge >= 0.3 is 0 Å². The fourth-order valence-corrected chi connectivity index (χ4v) is 4.71. The zero-order valence-electron chi connectivity index (χ0n) is 14.2. The Morgan fingerprint density at radius 2 is 2.15 bits per heavy atom. The summed E-state index contributed by atoms with van der Waals surface area (Å²) >= 11 is 3.20. The molecule has 0 saturated heterocycles. The molecule has 5 nitrogen and oxygen atoms in total. The molecule has 7 heteroatoms. The number of thiazole rings is 1. The first-order valence-corrected chi connectivity index (χ1v) is 10.1. The molecule has 3 aromatic rings. The molecule has 0 atom stereocenters. The second-order valence-corrected chi connectivity index (χ2v) is 7.92. The lowest BCUT2D eigenvalue weighted by Gasteiger charge is -2.15. The predicted molar refractivity (Wildman–Crippen MR) is 106 cm³/mol. The van der Waals surface area contributed by atoms with Crippen molar-refractivity contribution >= 4 is 45.9 Å². The number of nitrogens with zero attached hydrogens (tertiary/aromatic N) is 2. The maximum Gasteiger partial charge on any atom is 0.230 e. The van der Waals surface area contributed by atoms with E-state index in [1.54, 1.807) is 34.5 Å². The van der Waals surface area contributed by atoms with Crippen molar-refractivity contribution in [2.24, 2.45) is 0 Å². The van der Waals surface area contributed by atoms with Crippen LogP contribution in [0.4, 0.5) is 11.4 Å². The van der Waals surface area contributed by atoms with Gasteiger partial charge in [0.1, 0.15) is 5.01 Å². The van der Waals surface area contributed by atoms with Gasteiger partial charge in [-0.1, -0.05) is 6.07 Å². The Morgan fingerprint density at radius 3 is 2.92 bits per heavy atom. The molecule has 0 radical (unpaired) electrons. The third kappa shape index (κ3) is 3.40. The van der Waals surface area contributed by atoms with Crippen molar-refractivity contribution in [3.63, 3.8) is 0 Å². The Bertz CT molecular complexity index is 963. The van der Waals surface area contributed by atoms with Crippen LogP contribution in [0.3, 0.4) is 0 Å². The molecule has 0 bridgehead atoms. The highest BCUT2D eigenvalue weighted by Gasteiger charge is 2.22. The van der Waals surface area contributed by atoms with Gasteiger partial charge in [-0.3, -0.25) is 9.59 Å². The van der Waals surface area contributed by atoms with Crippen molar-refractivity contribution in [3.05, 3.63) is 52.3 Å². The summed E-state index contributed by atoms with van der Waals surface area (Å²) in [5, 5.41) is 7.83. The van der Waals surface area contributed by atoms with E-state index >= 15 is 0 Å². The Morgan fingerprint density at radius 1 is 1.27 bits per heavy atom. The second-order valence-electron chi connectivity index (χ2n) is 6.11. The molecule has 3 heterocycles. The van der Waals surface area contributed by atoms with E-state index in [4.69, 9.17) is 0 Å². The maximum atomic E-state index is 12.3. The number of nitrogens with one attached hydrogen (secondary N) is 1. The Balaban J connectivity index is 1.42. The van der Waals surface area contributed by atoms with Crippen LogP contribution < -0.4 is 10.2 Å². The smallest absolute Gasteiger partial charge is 0.230 e. The number of carbonyl (C=O) groups is 2. The van der Waals surface area contributed by atoms with E-state index in [2.05, 4.69) is 10.3 Å². The van der Waals surface area contributed by atoms with Crippen molar-refractivity contribution in [1.29, 1.82) is 0 Å². The van der Waals surface area contributed by atoms with Crippen LogP contribution in [-0.2, 0) is 22.4 Å². The molecule has 2 amide bonds. The van der Waals surface area contributed by atoms with Crippen molar-refractivity contribution < 1.29 is 9.59 Å². The number of thiophene rings is 1. The van der Waals surface area contributed by atoms with Gasteiger partial charge in [0.25, 0.3) is 0 Å². The van der Waals surface area contributed by atoms with Crippen molar-refractivity contribution in [2.75, 3.05) is 16.8 Å². The normalized spacial score (nSPS) is 12.9. The third-order valence-corrected chi connectivity index (χ3v) is 6.19. The lowest BCUT2D eigenvalue weighted by atomic mass is 10.1. The number of aromatic nitrogens is 1. The van der Waals surface area contributed by atoms with Gasteiger partial charge in [-0.25, -0.2) is 4.98 Å². The molecule has 1 aliphatic heterocycles. The van der Waals surface area contributed by atoms with E-state index < -0.39 is 0 Å². The molecular formula is C19H17N3O2S2. The first-order valence-electron chi connectivity index (χ1n) is 8.29. The number of benzene rings is 1. The first-order chi connectivity index (χ1) is 12.6. The van der Waals surface area contributed by atoms with Gasteiger partial charge in [0, 0.05) is 30.2 Å². The number of hydrogen-bond donors (Lipinski definition) is 1. The standard InChI is InChI=1S/C19H17N3O2S2/c1-12(23)22-7-6-13-9-14(4-5-16(13)22)20-18(24)10-15-11-26-19(21-15)17-3-2-8-25-17/h2-5,8-9,11H,6-7,10H2,1H3,(H,20,24). The molecule has 4 rings (SSSR count). The average molecular weight is 383 g/mol. The van der Waals surface area contributed by atoms with E-state index in [-0.39, 0.29) is 18.2 Å². The number of amides is 2. The number of fused-ring (bicyclic) bond motifs is 1. The summed E-state index contributed by atoms with van der Waals surface area (Å²) in [4.78, 5) is 31.4. The molecule has 26 heavy (non-hydrogen) atoms. The van der Waals surface area contributed by atoms with Crippen molar-refractivity contribution in [1.82, 2.24) is 4.98 Å². The van der Waals surface area contributed by atoms with Crippen LogP contribution >= 0.6 is 22.7 Å². The van der Waals surface area contributed by atoms with Crippen LogP contribution in [-0.4, -0.2) is 23.3 Å². The van der Waals surface area contributed by atoms with Crippen LogP contribution in [0.2, 0.25) is 0 Å². The Kier molecular flexibility index (Phi) is 4.57. The third-order valence-electron chi connectivity index (χ3n) is 4.26. The van der Waals surface area contributed by atoms with E-state index in [1.165, 1.54) is 0 Å². The van der Waals surface area contributed by atoms with Gasteiger partial charge in [0.05, 0.1) is 17.0 Å². The van der Waals surface area contributed by atoms with Gasteiger partial charge in [-0.2, -0.15) is 0 Å². The summed E-state index contributed by atoms with van der Waals surface area (Å²) in [6, 6.07) is 9.72. The average Bonchev–Trinajstić information content (AvgIpc) is 3.34. The predicted octanol–water partition coefficient (Wildman–Crippen LogP) is 3.96. The summed E-state index contributed by atoms with van der Waals surface area (Å²) < 4.78 is 0. The first kappa shape index (κ1) is 16.9. The minimum absolute atomic E-state index is 0.0469. The van der Waals surface area contributed by atoms with Crippen LogP contribution in [0, 0.1) is 0 Å². The molecule has 0 aliphatic carbocycles. The Hall–Kier alpha value is -2.51. The van der Waals surface area contributed by atoms with Gasteiger partial charge < -0.3 is 10.2 Å². The van der Waals surface area contributed by atoms with Crippen molar-refractivity contribution in [3.8, 4) is 9.88 Å². The fraction of sp³-hybridized carbons (Fsp3) is 0.211. The van der Waals surface area contributed by atoms with E-state index in [1.807, 2.05) is 41.1 Å². The largest absolute Gasteiger partial charge is 0.326 e. The van der Waals surface area contributed by atoms with Crippen molar-refractivity contribution in [2.45, 2.75) is 19.8 Å². The van der Waals surface area contributed by atoms with Crippen LogP contribution in [0.1, 0.15) is 18.2 Å². The fourth-order valence-electron chi connectivity index (χ4n) is 3.08. The van der Waals surface area contributed by atoms with Crippen LogP contribution in [0.15, 0.2) is 41.1 Å². The highest BCUT2D eigenvalue weighted by molar-refractivity contribution is 7.20. The highest BCUT2D eigenvalue weighted by atomic mass is 32.1. The number of anilines is 2. The quantitative estimate of drug-likeness (QED) is 0.742. The minimum atomic E-state index is -0.0885. The van der Waals surface area contributed by atoms with Gasteiger partial charge in [-0.05, 0) is 41.6 Å². The highest BCUT2D eigenvalue weighted by Crippen LogP contribution is 2.31. The summed E-state index contributed by atoms with van der Waals surface area (Å²) in [7, 11) is 0. The monoisotopic (exact) mass is 383 g/mol. The summed E-state index contributed by atoms with van der Waals surface area (Å²) in [6.07, 6.45) is 1.06. The zero-order valence-corrected chi connectivity index (χ0v) is 15.8. The van der Waals surface area contributed by atoms with Crippen LogP contribution in [0.25, 0.3) is 9.88 Å². The van der Waals surface area contributed by atoms with E-state index in [0.29, 0.717) is 6.54 Å². The molecule has 0 fully saturated rings. The molecule has 132 valence electrons. The van der Waals surface area contributed by atoms with Gasteiger partial charge in [0.15, 0.2) is 0 Å². The molecule has 1 aliphatic rings. The maximum absolute atomic E-state index is 12.3. The zero-order chi connectivity index (χ0) is 18.1. The molecular weight excluding hydrogens is 366 g/mol. The molecule has 0 unspecified atom stereocenters. The molecule has 0 saturated carbocycles. The SMILES string of the molecule is CC(=O)N1CCc2cc(NC(=O)Cc3csc(-c4cccs4)n3)ccc21. The molecule has 1 aromatic carbocycles. The minimum Gasteiger partial charge on any atom is -0.326 e. The number of carbonyl (C=O) groups excluding carboxylic acids is 2. The van der Waals surface area contributed by atoms with Crippen LogP contribution in [0.5, 0.6) is 0 Å². The molecule has 0 spiro atoms. The number of rotatable bonds is 4. The lowest BCUT2D eigenvalue weighted by Crippen LogP contribution is -2.25. The Labute approximate surface area is 159 Å². The van der Waals surface area contributed by atoms with E-state index in [9.17, 15) is 9.59 Å².